The first-order chi connectivity index (χ1) is 6.93. The number of rotatable bonds is 1. The van der Waals surface area contributed by atoms with E-state index in [1.54, 1.807) is 0 Å². The second-order valence-corrected chi connectivity index (χ2v) is 5.41. The molecule has 0 aromatic rings. The number of nitrogens with zero attached hydrogens (tertiary/aromatic N) is 1. The van der Waals surface area contributed by atoms with Crippen LogP contribution in [0.25, 0.3) is 0 Å². The van der Waals surface area contributed by atoms with Crippen LogP contribution in [0.15, 0.2) is 0 Å². The largest absolute Gasteiger partial charge is 0.316 e. The molecule has 3 aliphatic heterocycles. The van der Waals surface area contributed by atoms with Gasteiger partial charge in [0.25, 0.3) is 0 Å². The molecule has 4 unspecified atom stereocenters. The maximum Gasteiger partial charge on any atom is 0.00124 e. The fourth-order valence-electron chi connectivity index (χ4n) is 3.87. The van der Waals surface area contributed by atoms with E-state index >= 15 is 0 Å². The minimum Gasteiger partial charge on any atom is -0.316 e. The summed E-state index contributed by atoms with van der Waals surface area (Å²) in [5, 5.41) is 3.53. The van der Waals surface area contributed by atoms with Crippen molar-refractivity contribution in [1.29, 1.82) is 0 Å². The number of hydrogen-bond donors (Lipinski definition) is 1. The van der Waals surface area contributed by atoms with Crippen LogP contribution in [0.3, 0.4) is 0 Å². The summed E-state index contributed by atoms with van der Waals surface area (Å²) in [5.41, 5.74) is 0. The topological polar surface area (TPSA) is 15.3 Å². The maximum atomic E-state index is 3.53. The summed E-state index contributed by atoms with van der Waals surface area (Å²) >= 11 is 0. The van der Waals surface area contributed by atoms with Gasteiger partial charge in [0.1, 0.15) is 0 Å². The van der Waals surface area contributed by atoms with Crippen molar-refractivity contribution in [3.8, 4) is 0 Å². The Morgan fingerprint density at radius 1 is 1.00 bits per heavy atom. The molecule has 2 heteroatoms. The number of hydrogen-bond acceptors (Lipinski definition) is 2. The highest BCUT2D eigenvalue weighted by atomic mass is 15.1. The van der Waals surface area contributed by atoms with E-state index in [2.05, 4.69) is 10.2 Å². The second kappa shape index (κ2) is 3.82. The highest BCUT2D eigenvalue weighted by molar-refractivity contribution is 4.90. The van der Waals surface area contributed by atoms with Gasteiger partial charge >= 0.3 is 0 Å². The van der Waals surface area contributed by atoms with Crippen molar-refractivity contribution in [1.82, 2.24) is 10.2 Å². The van der Waals surface area contributed by atoms with E-state index in [4.69, 9.17) is 0 Å². The van der Waals surface area contributed by atoms with Crippen molar-refractivity contribution in [2.45, 2.75) is 25.7 Å². The molecule has 4 atom stereocenters. The van der Waals surface area contributed by atoms with E-state index in [-0.39, 0.29) is 0 Å². The molecule has 1 N–H and O–H groups in total. The van der Waals surface area contributed by atoms with Gasteiger partial charge in [0, 0.05) is 6.54 Å². The van der Waals surface area contributed by atoms with Crippen molar-refractivity contribution in [2.24, 2.45) is 17.8 Å². The summed E-state index contributed by atoms with van der Waals surface area (Å²) in [6, 6.07) is 0. The zero-order valence-corrected chi connectivity index (χ0v) is 9.04. The molecular formula is C12H22N2. The van der Waals surface area contributed by atoms with E-state index in [0.29, 0.717) is 0 Å². The zero-order chi connectivity index (χ0) is 9.38. The molecule has 0 aromatic heterocycles. The second-order valence-electron chi connectivity index (χ2n) is 5.41. The predicted molar refractivity (Wildman–Crippen MR) is 58.2 cm³/mol. The molecule has 3 heterocycles. The summed E-state index contributed by atoms with van der Waals surface area (Å²) in [6.07, 6.45) is 5.90. The molecule has 0 spiro atoms. The maximum absolute atomic E-state index is 3.53. The minimum absolute atomic E-state index is 1.01. The molecule has 3 saturated heterocycles. The smallest absolute Gasteiger partial charge is 0.00124 e. The van der Waals surface area contributed by atoms with Crippen LogP contribution in [0.5, 0.6) is 0 Å². The van der Waals surface area contributed by atoms with Crippen LogP contribution in [0.1, 0.15) is 25.7 Å². The molecule has 0 radical (unpaired) electrons. The highest BCUT2D eigenvalue weighted by Gasteiger charge is 2.37. The Morgan fingerprint density at radius 2 is 2.00 bits per heavy atom. The summed E-state index contributed by atoms with van der Waals surface area (Å²) in [6.45, 7) is 6.77. The van der Waals surface area contributed by atoms with Crippen molar-refractivity contribution < 1.29 is 0 Å². The molecule has 3 rings (SSSR count). The molecule has 3 fully saturated rings. The van der Waals surface area contributed by atoms with Crippen LogP contribution >= 0.6 is 0 Å². The molecule has 2 bridgehead atoms. The third-order valence-corrected chi connectivity index (χ3v) is 4.63. The first-order valence-corrected chi connectivity index (χ1v) is 6.36. The molecule has 2 nitrogen and oxygen atoms in total. The van der Waals surface area contributed by atoms with Crippen LogP contribution in [0.4, 0.5) is 0 Å². The van der Waals surface area contributed by atoms with Crippen molar-refractivity contribution in [3.05, 3.63) is 0 Å². The lowest BCUT2D eigenvalue weighted by Crippen LogP contribution is -2.46. The highest BCUT2D eigenvalue weighted by Crippen LogP contribution is 2.37. The van der Waals surface area contributed by atoms with E-state index < -0.39 is 0 Å². The Bertz CT molecular complexity index is 198. The summed E-state index contributed by atoms with van der Waals surface area (Å²) in [4.78, 5) is 2.69. The fourth-order valence-corrected chi connectivity index (χ4v) is 3.87. The fraction of sp³-hybridized carbons (Fsp3) is 1.00. The summed E-state index contributed by atoms with van der Waals surface area (Å²) < 4.78 is 0. The number of nitrogens with one attached hydrogen (secondary N) is 1. The lowest BCUT2D eigenvalue weighted by Gasteiger charge is -2.44. The van der Waals surface area contributed by atoms with E-state index in [1.165, 1.54) is 58.4 Å². The Hall–Kier alpha value is -0.0800. The van der Waals surface area contributed by atoms with Gasteiger partial charge in [-0.3, -0.25) is 0 Å². The SMILES string of the molecule is C1CC2CN(C1)CCC2C1CCNC1. The van der Waals surface area contributed by atoms with Crippen LogP contribution in [0, 0.1) is 17.8 Å². The molecule has 14 heavy (non-hydrogen) atoms. The molecule has 0 amide bonds. The van der Waals surface area contributed by atoms with Crippen LogP contribution < -0.4 is 5.32 Å². The third-order valence-electron chi connectivity index (χ3n) is 4.63. The van der Waals surface area contributed by atoms with Crippen LogP contribution in [0.2, 0.25) is 0 Å². The predicted octanol–water partition coefficient (Wildman–Crippen LogP) is 1.33. The van der Waals surface area contributed by atoms with Gasteiger partial charge in [0.15, 0.2) is 0 Å². The average Bonchev–Trinajstić information content (AvgIpc) is 2.71. The van der Waals surface area contributed by atoms with Crippen LogP contribution in [-0.4, -0.2) is 37.6 Å². The van der Waals surface area contributed by atoms with Crippen molar-refractivity contribution in [3.63, 3.8) is 0 Å². The van der Waals surface area contributed by atoms with Gasteiger partial charge in [-0.1, -0.05) is 0 Å². The van der Waals surface area contributed by atoms with Gasteiger partial charge in [-0.15, -0.1) is 0 Å². The summed E-state index contributed by atoms with van der Waals surface area (Å²) in [7, 11) is 0. The Morgan fingerprint density at radius 3 is 2.86 bits per heavy atom. The van der Waals surface area contributed by atoms with Gasteiger partial charge in [0.2, 0.25) is 0 Å². The molecule has 80 valence electrons. The van der Waals surface area contributed by atoms with E-state index in [9.17, 15) is 0 Å². The standard InChI is InChI=1S/C12H22N2/c1-2-11-9-14(6-1)7-4-12(11)10-3-5-13-8-10/h10-13H,1-9H2. The van der Waals surface area contributed by atoms with Gasteiger partial charge in [-0.25, -0.2) is 0 Å². The lowest BCUT2D eigenvalue weighted by atomic mass is 9.73. The Kier molecular flexibility index (Phi) is 2.50. The number of piperidine rings is 2. The van der Waals surface area contributed by atoms with Crippen LogP contribution in [-0.2, 0) is 0 Å². The first-order valence-electron chi connectivity index (χ1n) is 6.36. The molecule has 0 aromatic carbocycles. The van der Waals surface area contributed by atoms with Gasteiger partial charge < -0.3 is 10.2 Å². The van der Waals surface area contributed by atoms with Crippen molar-refractivity contribution >= 4 is 0 Å². The van der Waals surface area contributed by atoms with Gasteiger partial charge in [-0.05, 0) is 69.6 Å². The molecule has 0 saturated carbocycles. The third kappa shape index (κ3) is 1.59. The quantitative estimate of drug-likeness (QED) is 0.677. The summed E-state index contributed by atoms with van der Waals surface area (Å²) in [5.74, 6) is 3.11. The average molecular weight is 194 g/mol. The molecule has 3 aliphatic rings. The lowest BCUT2D eigenvalue weighted by molar-refractivity contribution is 0.0482. The molecular weight excluding hydrogens is 172 g/mol. The first kappa shape index (κ1) is 9.17. The monoisotopic (exact) mass is 194 g/mol. The van der Waals surface area contributed by atoms with Gasteiger partial charge in [0.05, 0.1) is 0 Å². The Balaban J connectivity index is 1.67. The number of fused-ring (bicyclic) bond motifs is 2. The minimum atomic E-state index is 1.01. The molecule has 0 aliphatic carbocycles. The normalized spacial score (nSPS) is 48.0. The van der Waals surface area contributed by atoms with E-state index in [1.807, 2.05) is 0 Å². The zero-order valence-electron chi connectivity index (χ0n) is 9.04. The Labute approximate surface area is 87.0 Å². The van der Waals surface area contributed by atoms with Gasteiger partial charge in [-0.2, -0.15) is 0 Å². The van der Waals surface area contributed by atoms with Crippen molar-refractivity contribution in [2.75, 3.05) is 32.7 Å². The van der Waals surface area contributed by atoms with E-state index in [0.717, 1.165) is 17.8 Å².